The molecular formula is C24H26N2O3S. The number of nitrogens with zero attached hydrogens (tertiary/aromatic N) is 2. The van der Waals surface area contributed by atoms with Gasteiger partial charge in [-0.1, -0.05) is 24.3 Å². The molecular weight excluding hydrogens is 396 g/mol. The molecule has 0 saturated carbocycles. The maximum atomic E-state index is 13.0. The summed E-state index contributed by atoms with van der Waals surface area (Å²) in [5.74, 6) is 0.890. The van der Waals surface area contributed by atoms with Gasteiger partial charge in [0.1, 0.15) is 5.75 Å². The molecule has 0 spiro atoms. The normalized spacial score (nSPS) is 15.8. The molecule has 1 aliphatic rings. The molecule has 0 N–H and O–H groups in total. The first kappa shape index (κ1) is 20.6. The van der Waals surface area contributed by atoms with Crippen molar-refractivity contribution in [3.05, 3.63) is 82.3 Å². The van der Waals surface area contributed by atoms with E-state index in [1.54, 1.807) is 6.20 Å². The van der Waals surface area contributed by atoms with Crippen molar-refractivity contribution >= 4 is 17.2 Å². The Morgan fingerprint density at radius 2 is 2.07 bits per heavy atom. The topological polar surface area (TPSA) is 51.7 Å². The first-order valence-corrected chi connectivity index (χ1v) is 11.2. The Morgan fingerprint density at radius 3 is 2.77 bits per heavy atom. The fourth-order valence-corrected chi connectivity index (χ4v) is 4.23. The summed E-state index contributed by atoms with van der Waals surface area (Å²) >= 11 is 1.48. The van der Waals surface area contributed by atoms with Crippen molar-refractivity contribution in [2.24, 2.45) is 0 Å². The van der Waals surface area contributed by atoms with Crippen molar-refractivity contribution in [1.29, 1.82) is 0 Å². The van der Waals surface area contributed by atoms with Crippen molar-refractivity contribution in [3.63, 3.8) is 0 Å². The number of carbonyl (C=O) groups is 1. The van der Waals surface area contributed by atoms with E-state index in [1.807, 2.05) is 64.9 Å². The van der Waals surface area contributed by atoms with Gasteiger partial charge in [-0.2, -0.15) is 0 Å². The molecule has 5 nitrogen and oxygen atoms in total. The molecule has 1 atom stereocenters. The summed E-state index contributed by atoms with van der Waals surface area (Å²) in [5.41, 5.74) is 2.10. The van der Waals surface area contributed by atoms with Crippen molar-refractivity contribution < 1.29 is 14.3 Å². The molecule has 1 aromatic carbocycles. The lowest BCUT2D eigenvalue weighted by molar-refractivity contribution is 0.0511. The number of rotatable bonds is 9. The molecule has 2 aromatic heterocycles. The van der Waals surface area contributed by atoms with E-state index in [0.29, 0.717) is 19.7 Å². The molecule has 1 amide bonds. The Labute approximate surface area is 181 Å². The second-order valence-corrected chi connectivity index (χ2v) is 8.31. The van der Waals surface area contributed by atoms with Crippen LogP contribution in [0.5, 0.6) is 5.75 Å². The second-order valence-electron chi connectivity index (χ2n) is 7.36. The van der Waals surface area contributed by atoms with E-state index in [1.165, 1.54) is 11.3 Å². The third-order valence-electron chi connectivity index (χ3n) is 5.12. The minimum atomic E-state index is 0.0659. The Balaban J connectivity index is 1.35. The van der Waals surface area contributed by atoms with E-state index < -0.39 is 0 Å². The number of pyridine rings is 1. The van der Waals surface area contributed by atoms with E-state index in [-0.39, 0.29) is 12.0 Å². The van der Waals surface area contributed by atoms with Crippen molar-refractivity contribution in [1.82, 2.24) is 9.88 Å². The molecule has 4 rings (SSSR count). The highest BCUT2D eigenvalue weighted by atomic mass is 32.1. The molecule has 1 saturated heterocycles. The Bertz CT molecular complexity index is 907. The highest BCUT2D eigenvalue weighted by Crippen LogP contribution is 2.20. The minimum Gasteiger partial charge on any atom is -0.493 e. The number of benzene rings is 1. The average Bonchev–Trinajstić information content (AvgIpc) is 3.49. The highest BCUT2D eigenvalue weighted by molar-refractivity contribution is 7.12. The standard InChI is InChI=1S/C24H26N2O3S/c27-24(23-7-4-16-30-23)26(18-22-6-3-14-28-22)17-19-8-10-21(11-9-19)29-15-12-20-5-1-2-13-25-20/h1-2,4-5,7-11,13,16,22H,3,6,12,14-15,17-18H2/t22-/m1/s1. The van der Waals surface area contributed by atoms with E-state index in [4.69, 9.17) is 9.47 Å². The Kier molecular flexibility index (Phi) is 7.11. The third kappa shape index (κ3) is 5.68. The van der Waals surface area contributed by atoms with Crippen LogP contribution in [0.1, 0.15) is 33.8 Å². The first-order valence-electron chi connectivity index (χ1n) is 10.3. The molecule has 0 aliphatic carbocycles. The zero-order chi connectivity index (χ0) is 20.6. The first-order chi connectivity index (χ1) is 14.8. The molecule has 0 radical (unpaired) electrons. The van der Waals surface area contributed by atoms with Gasteiger partial charge in [-0.15, -0.1) is 11.3 Å². The molecule has 3 aromatic rings. The summed E-state index contributed by atoms with van der Waals surface area (Å²) in [6.07, 6.45) is 4.77. The summed E-state index contributed by atoms with van der Waals surface area (Å²) in [4.78, 5) is 20.0. The van der Waals surface area contributed by atoms with E-state index in [0.717, 1.165) is 47.8 Å². The molecule has 6 heteroatoms. The lowest BCUT2D eigenvalue weighted by atomic mass is 10.1. The van der Waals surface area contributed by atoms with Gasteiger partial charge >= 0.3 is 0 Å². The van der Waals surface area contributed by atoms with Crippen LogP contribution in [0.3, 0.4) is 0 Å². The van der Waals surface area contributed by atoms with Gasteiger partial charge in [-0.05, 0) is 54.1 Å². The monoisotopic (exact) mass is 422 g/mol. The van der Waals surface area contributed by atoms with Crippen molar-refractivity contribution in [3.8, 4) is 5.75 Å². The quantitative estimate of drug-likeness (QED) is 0.506. The van der Waals surface area contributed by atoms with Crippen LogP contribution in [0, 0.1) is 0 Å². The van der Waals surface area contributed by atoms with Gasteiger partial charge in [0.05, 0.1) is 17.6 Å². The van der Waals surface area contributed by atoms with E-state index in [2.05, 4.69) is 4.98 Å². The van der Waals surface area contributed by atoms with Crippen LogP contribution in [0.4, 0.5) is 0 Å². The zero-order valence-corrected chi connectivity index (χ0v) is 17.7. The van der Waals surface area contributed by atoms with E-state index in [9.17, 15) is 4.79 Å². The predicted molar refractivity (Wildman–Crippen MR) is 118 cm³/mol. The van der Waals surface area contributed by atoms with Gasteiger partial charge in [0, 0.05) is 38.0 Å². The summed E-state index contributed by atoms with van der Waals surface area (Å²) in [6.45, 7) is 2.55. The maximum Gasteiger partial charge on any atom is 0.264 e. The average molecular weight is 423 g/mol. The van der Waals surface area contributed by atoms with Crippen LogP contribution in [0.25, 0.3) is 0 Å². The number of aromatic nitrogens is 1. The molecule has 0 bridgehead atoms. The predicted octanol–water partition coefficient (Wildman–Crippen LogP) is 4.59. The largest absolute Gasteiger partial charge is 0.493 e. The van der Waals surface area contributed by atoms with Crippen molar-refractivity contribution in [2.75, 3.05) is 19.8 Å². The smallest absolute Gasteiger partial charge is 0.264 e. The van der Waals surface area contributed by atoms with Crippen molar-refractivity contribution in [2.45, 2.75) is 31.9 Å². The van der Waals surface area contributed by atoms with Gasteiger partial charge in [0.2, 0.25) is 0 Å². The van der Waals surface area contributed by atoms with Crippen LogP contribution >= 0.6 is 11.3 Å². The van der Waals surface area contributed by atoms with Gasteiger partial charge in [0.25, 0.3) is 5.91 Å². The number of hydrogen-bond donors (Lipinski definition) is 0. The lowest BCUT2D eigenvalue weighted by Crippen LogP contribution is -2.36. The maximum absolute atomic E-state index is 13.0. The Morgan fingerprint density at radius 1 is 1.17 bits per heavy atom. The van der Waals surface area contributed by atoms with Crippen LogP contribution in [0.15, 0.2) is 66.2 Å². The molecule has 3 heterocycles. The van der Waals surface area contributed by atoms with Crippen LogP contribution in [-0.4, -0.2) is 41.7 Å². The molecule has 1 fully saturated rings. The number of amides is 1. The summed E-state index contributed by atoms with van der Waals surface area (Å²) < 4.78 is 11.6. The fraction of sp³-hybridized carbons (Fsp3) is 0.333. The SMILES string of the molecule is O=C(c1cccs1)N(Cc1ccc(OCCc2ccccn2)cc1)C[C@H]1CCCO1. The van der Waals surface area contributed by atoms with Crippen LogP contribution in [-0.2, 0) is 17.7 Å². The zero-order valence-electron chi connectivity index (χ0n) is 16.9. The second kappa shape index (κ2) is 10.4. The molecule has 1 aliphatic heterocycles. The van der Waals surface area contributed by atoms with Gasteiger partial charge < -0.3 is 14.4 Å². The Hall–Kier alpha value is -2.70. The fourth-order valence-electron chi connectivity index (χ4n) is 3.54. The lowest BCUT2D eigenvalue weighted by Gasteiger charge is -2.25. The number of thiophene rings is 1. The van der Waals surface area contributed by atoms with Gasteiger partial charge in [-0.25, -0.2) is 0 Å². The molecule has 156 valence electrons. The number of ether oxygens (including phenoxy) is 2. The molecule has 0 unspecified atom stereocenters. The van der Waals surface area contributed by atoms with Gasteiger partial charge in [0.15, 0.2) is 0 Å². The summed E-state index contributed by atoms with van der Waals surface area (Å²) in [5, 5.41) is 1.94. The minimum absolute atomic E-state index is 0.0659. The highest BCUT2D eigenvalue weighted by Gasteiger charge is 2.24. The number of hydrogen-bond acceptors (Lipinski definition) is 5. The van der Waals surface area contributed by atoms with Crippen LogP contribution < -0.4 is 4.74 Å². The molecule has 30 heavy (non-hydrogen) atoms. The number of carbonyl (C=O) groups excluding carboxylic acids is 1. The summed E-state index contributed by atoms with van der Waals surface area (Å²) in [7, 11) is 0. The summed E-state index contributed by atoms with van der Waals surface area (Å²) in [6, 6.07) is 17.7. The van der Waals surface area contributed by atoms with Gasteiger partial charge in [-0.3, -0.25) is 9.78 Å². The third-order valence-corrected chi connectivity index (χ3v) is 5.97. The van der Waals surface area contributed by atoms with E-state index >= 15 is 0 Å². The van der Waals surface area contributed by atoms with Crippen LogP contribution in [0.2, 0.25) is 0 Å².